The van der Waals surface area contributed by atoms with Crippen molar-refractivity contribution in [3.63, 3.8) is 0 Å². The third kappa shape index (κ3) is 11.3. The van der Waals surface area contributed by atoms with Crippen LogP contribution < -0.4 is 15.7 Å². The number of esters is 1. The topological polar surface area (TPSA) is 128 Å². The summed E-state index contributed by atoms with van der Waals surface area (Å²) in [6.07, 6.45) is 12.3. The summed E-state index contributed by atoms with van der Waals surface area (Å²) in [5, 5.41) is 16.8. The number of amides is 2. The molecular formula is C37H60N4O6S. The highest BCUT2D eigenvalue weighted by atomic mass is 32.2. The monoisotopic (exact) mass is 688 g/mol. The first-order valence-corrected chi connectivity index (χ1v) is 18.6. The molecule has 3 rings (SSSR count). The minimum Gasteiger partial charge on any atom is -0.548 e. The smallest absolute Gasteiger partial charge is 0.332 e. The lowest BCUT2D eigenvalue weighted by Crippen LogP contribution is -2.72. The Kier molecular flexibility index (Phi) is 17.0. The average molecular weight is 689 g/mol. The van der Waals surface area contributed by atoms with Crippen LogP contribution in [0.4, 0.5) is 0 Å². The molecular weight excluding hydrogens is 628 g/mol. The SMILES string of the molecule is CCCC[N+](CCCC)(CCCC)CCCC.COC(=O)C=C(C)NC(C(=O)NC1C(=O)N2C1SC(C)(C)C2C(=O)[O-])c1ccccc1. The number of fused-ring (bicyclic) bond motifs is 1. The molecule has 2 amide bonds. The van der Waals surface area contributed by atoms with Crippen LogP contribution in [-0.4, -0.2) is 88.6 Å². The molecule has 1 aromatic carbocycles. The fourth-order valence-corrected chi connectivity index (χ4v) is 8.08. The normalized spacial score (nSPS) is 20.5. The third-order valence-corrected chi connectivity index (χ3v) is 10.8. The van der Waals surface area contributed by atoms with Crippen molar-refractivity contribution in [1.82, 2.24) is 15.5 Å². The zero-order chi connectivity index (χ0) is 35.9. The maximum atomic E-state index is 13.1. The largest absolute Gasteiger partial charge is 0.548 e. The van der Waals surface area contributed by atoms with Crippen LogP contribution in [0.2, 0.25) is 0 Å². The van der Waals surface area contributed by atoms with E-state index in [0.717, 1.165) is 0 Å². The summed E-state index contributed by atoms with van der Waals surface area (Å²) in [6.45, 7) is 20.1. The van der Waals surface area contributed by atoms with E-state index in [1.807, 2.05) is 0 Å². The summed E-state index contributed by atoms with van der Waals surface area (Å²) in [7, 11) is 1.25. The van der Waals surface area contributed by atoms with Crippen LogP contribution in [0.5, 0.6) is 0 Å². The van der Waals surface area contributed by atoms with Crippen molar-refractivity contribution in [1.29, 1.82) is 0 Å². The first kappa shape index (κ1) is 41.1. The molecule has 2 aliphatic heterocycles. The number of allylic oxidation sites excluding steroid dienone is 1. The standard InChI is InChI=1S/C21H25N3O6S.C16H36N/c1-11(10-13(25)30-4)22-14(12-8-6-5-7-9-12)17(26)23-15-18(27)24-16(20(28)29)21(2,3)31-19(15)24;1-5-9-13-17(14-10-6-2,15-11-7-3)16-12-8-4/h5-10,14-16,19,22H,1-4H3,(H,23,26)(H,28,29);5-16H2,1-4H3/q;+1/p-1. The average Bonchev–Trinajstić information content (AvgIpc) is 3.33. The van der Waals surface area contributed by atoms with E-state index in [0.29, 0.717) is 11.3 Å². The van der Waals surface area contributed by atoms with Gasteiger partial charge in [-0.3, -0.25) is 9.59 Å². The molecule has 0 bridgehead atoms. The second-order valence-corrected chi connectivity index (χ2v) is 15.3. The lowest BCUT2D eigenvalue weighted by Gasteiger charge is -2.45. The van der Waals surface area contributed by atoms with E-state index in [1.165, 1.54) is 112 Å². The van der Waals surface area contributed by atoms with Crippen LogP contribution in [-0.2, 0) is 23.9 Å². The van der Waals surface area contributed by atoms with Crippen molar-refractivity contribution in [2.24, 2.45) is 0 Å². The molecule has 2 N–H and O–H groups in total. The highest BCUT2D eigenvalue weighted by Gasteiger charge is 2.62. The van der Waals surface area contributed by atoms with E-state index in [-0.39, 0.29) is 0 Å². The number of thioether (sulfide) groups is 1. The molecule has 10 nitrogen and oxygen atoms in total. The van der Waals surface area contributed by atoms with E-state index in [9.17, 15) is 24.3 Å². The molecule has 0 radical (unpaired) electrons. The fraction of sp³-hybridized carbons (Fsp3) is 0.676. The van der Waals surface area contributed by atoms with E-state index >= 15 is 0 Å². The molecule has 4 unspecified atom stereocenters. The number of β-lactam (4-membered cyclic amide) rings is 1. The quantitative estimate of drug-likeness (QED) is 0.0928. The number of quaternary nitrogens is 1. The number of carbonyl (C=O) groups is 4. The number of hydrogen-bond donors (Lipinski definition) is 2. The highest BCUT2D eigenvalue weighted by molar-refractivity contribution is 8.01. The minimum atomic E-state index is -1.31. The number of unbranched alkanes of at least 4 members (excludes halogenated alkanes) is 4. The number of ether oxygens (including phenoxy) is 1. The number of aliphatic carboxylic acids is 1. The van der Waals surface area contributed by atoms with Crippen LogP contribution >= 0.6 is 11.8 Å². The predicted octanol–water partition coefficient (Wildman–Crippen LogP) is 4.69. The van der Waals surface area contributed by atoms with Crippen molar-refractivity contribution < 1.29 is 33.5 Å². The van der Waals surface area contributed by atoms with Gasteiger partial charge in [-0.05, 0) is 52.0 Å². The maximum Gasteiger partial charge on any atom is 0.332 e. The van der Waals surface area contributed by atoms with Gasteiger partial charge in [-0.25, -0.2) is 4.79 Å². The molecule has 0 aromatic heterocycles. The van der Waals surface area contributed by atoms with Crippen LogP contribution in [0.1, 0.15) is 111 Å². The van der Waals surface area contributed by atoms with Crippen molar-refractivity contribution in [2.45, 2.75) is 128 Å². The summed E-state index contributed by atoms with van der Waals surface area (Å²) >= 11 is 1.32. The van der Waals surface area contributed by atoms with Gasteiger partial charge in [-0.2, -0.15) is 0 Å². The Morgan fingerprint density at radius 3 is 1.90 bits per heavy atom. The van der Waals surface area contributed by atoms with Crippen LogP contribution in [0.3, 0.4) is 0 Å². The van der Waals surface area contributed by atoms with Crippen LogP contribution in [0.25, 0.3) is 0 Å². The fourth-order valence-electron chi connectivity index (χ4n) is 6.46. The Morgan fingerprint density at radius 1 is 0.958 bits per heavy atom. The van der Waals surface area contributed by atoms with Gasteiger partial charge in [0.25, 0.3) is 0 Å². The Hall–Kier alpha value is -3.05. The summed E-state index contributed by atoms with van der Waals surface area (Å²) in [4.78, 5) is 50.1. The number of nitrogens with one attached hydrogen (secondary N) is 2. The Balaban J connectivity index is 0.000000401. The number of carboxylic acids is 1. The number of rotatable bonds is 19. The number of nitrogens with zero attached hydrogens (tertiary/aromatic N) is 2. The van der Waals surface area contributed by atoms with Crippen LogP contribution in [0, 0.1) is 0 Å². The summed E-state index contributed by atoms with van der Waals surface area (Å²) in [6, 6.07) is 6.06. The molecule has 2 aliphatic rings. The molecule has 2 fully saturated rings. The first-order valence-electron chi connectivity index (χ1n) is 17.7. The molecule has 0 aliphatic carbocycles. The molecule has 4 atom stereocenters. The highest BCUT2D eigenvalue weighted by Crippen LogP contribution is 2.50. The lowest BCUT2D eigenvalue weighted by atomic mass is 9.95. The maximum absolute atomic E-state index is 13.1. The Bertz CT molecular complexity index is 1190. The second-order valence-electron chi connectivity index (χ2n) is 13.6. The predicted molar refractivity (Wildman–Crippen MR) is 190 cm³/mol. The van der Waals surface area contributed by atoms with Gasteiger partial charge in [0.05, 0.1) is 45.3 Å². The summed E-state index contributed by atoms with van der Waals surface area (Å²) in [5.74, 6) is -2.82. The zero-order valence-electron chi connectivity index (χ0n) is 30.5. The summed E-state index contributed by atoms with van der Waals surface area (Å²) in [5.41, 5.74) is 1.04. The van der Waals surface area contributed by atoms with Crippen molar-refractivity contribution in [3.8, 4) is 0 Å². The van der Waals surface area contributed by atoms with E-state index in [2.05, 4.69) is 43.1 Å². The molecule has 0 saturated carbocycles. The van der Waals surface area contributed by atoms with Gasteiger partial charge >= 0.3 is 5.97 Å². The number of carbonyl (C=O) groups excluding carboxylic acids is 4. The Labute approximate surface area is 293 Å². The molecule has 0 spiro atoms. The number of carboxylic acid groups (broad SMARTS) is 1. The first-order chi connectivity index (χ1) is 22.8. The van der Waals surface area contributed by atoms with Gasteiger partial charge in [0, 0.05) is 16.5 Å². The Morgan fingerprint density at radius 2 is 1.46 bits per heavy atom. The molecule has 1 aromatic rings. The minimum absolute atomic E-state index is 0.408. The van der Waals surface area contributed by atoms with Gasteiger partial charge in [0.15, 0.2) is 0 Å². The third-order valence-electron chi connectivity index (χ3n) is 9.21. The van der Waals surface area contributed by atoms with Crippen molar-refractivity contribution in [3.05, 3.63) is 47.7 Å². The van der Waals surface area contributed by atoms with E-state index < -0.39 is 52.0 Å². The molecule has 11 heteroatoms. The van der Waals surface area contributed by atoms with Crippen molar-refractivity contribution in [2.75, 3.05) is 33.3 Å². The zero-order valence-corrected chi connectivity index (χ0v) is 31.3. The second kappa shape index (κ2) is 19.8. The van der Waals surface area contributed by atoms with E-state index in [1.54, 1.807) is 51.1 Å². The van der Waals surface area contributed by atoms with E-state index in [4.69, 9.17) is 0 Å². The molecule has 2 saturated heterocycles. The molecule has 270 valence electrons. The van der Waals surface area contributed by atoms with Gasteiger partial charge in [0.2, 0.25) is 11.8 Å². The van der Waals surface area contributed by atoms with Gasteiger partial charge in [-0.15, -0.1) is 11.8 Å². The van der Waals surface area contributed by atoms with Gasteiger partial charge in [0.1, 0.15) is 17.5 Å². The van der Waals surface area contributed by atoms with Gasteiger partial charge in [-0.1, -0.05) is 83.7 Å². The lowest BCUT2D eigenvalue weighted by molar-refractivity contribution is -0.929. The number of hydrogen-bond acceptors (Lipinski definition) is 8. The van der Waals surface area contributed by atoms with Gasteiger partial charge < -0.3 is 34.7 Å². The molecule has 2 heterocycles. The summed E-state index contributed by atoms with van der Waals surface area (Å²) < 4.78 is 5.29. The van der Waals surface area contributed by atoms with Crippen LogP contribution in [0.15, 0.2) is 42.1 Å². The van der Waals surface area contributed by atoms with Crippen molar-refractivity contribution >= 4 is 35.5 Å². The molecule has 48 heavy (non-hydrogen) atoms. The number of benzene rings is 1. The number of methoxy groups -OCH3 is 1.